The van der Waals surface area contributed by atoms with Crippen molar-refractivity contribution in [2.45, 2.75) is 12.8 Å². The minimum atomic E-state index is -0.847. The second-order valence-electron chi connectivity index (χ2n) is 4.48. The number of halogens is 2. The molecule has 0 unspecified atom stereocenters. The molecule has 0 saturated heterocycles. The third-order valence-corrected chi connectivity index (χ3v) is 3.20. The SMILES string of the molecule is NCC1(CNC(=O)c2c(F)cccc2F)CC1. The maximum Gasteiger partial charge on any atom is 0.257 e. The van der Waals surface area contributed by atoms with E-state index in [1.807, 2.05) is 0 Å². The van der Waals surface area contributed by atoms with Gasteiger partial charge in [0.15, 0.2) is 0 Å². The summed E-state index contributed by atoms with van der Waals surface area (Å²) in [5.74, 6) is -2.42. The van der Waals surface area contributed by atoms with Gasteiger partial charge >= 0.3 is 0 Å². The molecule has 3 N–H and O–H groups in total. The zero-order chi connectivity index (χ0) is 12.5. The van der Waals surface area contributed by atoms with Crippen LogP contribution in [-0.4, -0.2) is 19.0 Å². The molecule has 17 heavy (non-hydrogen) atoms. The van der Waals surface area contributed by atoms with Crippen LogP contribution in [0.5, 0.6) is 0 Å². The van der Waals surface area contributed by atoms with Crippen LogP contribution in [-0.2, 0) is 0 Å². The smallest absolute Gasteiger partial charge is 0.257 e. The Kier molecular flexibility index (Phi) is 3.11. The molecule has 3 nitrogen and oxygen atoms in total. The molecule has 2 rings (SSSR count). The second kappa shape index (κ2) is 4.41. The minimum absolute atomic E-state index is 0.0581. The molecular weight excluding hydrogens is 226 g/mol. The van der Waals surface area contributed by atoms with Gasteiger partial charge in [-0.25, -0.2) is 8.78 Å². The number of benzene rings is 1. The summed E-state index contributed by atoms with van der Waals surface area (Å²) >= 11 is 0. The highest BCUT2D eigenvalue weighted by Gasteiger charge is 2.41. The van der Waals surface area contributed by atoms with Gasteiger partial charge in [0.05, 0.1) is 0 Å². The summed E-state index contributed by atoms with van der Waals surface area (Å²) in [6.45, 7) is 0.850. The second-order valence-corrected chi connectivity index (χ2v) is 4.48. The Labute approximate surface area is 98.0 Å². The van der Waals surface area contributed by atoms with Gasteiger partial charge in [0.25, 0.3) is 5.91 Å². The molecule has 0 heterocycles. The van der Waals surface area contributed by atoms with Gasteiger partial charge in [-0.05, 0) is 31.5 Å². The van der Waals surface area contributed by atoms with E-state index in [0.717, 1.165) is 25.0 Å². The Bertz CT molecular complexity index is 424. The molecule has 1 saturated carbocycles. The number of hydrogen-bond donors (Lipinski definition) is 2. The van der Waals surface area contributed by atoms with Gasteiger partial charge in [0, 0.05) is 12.0 Å². The molecule has 0 radical (unpaired) electrons. The van der Waals surface area contributed by atoms with Crippen LogP contribution in [0.4, 0.5) is 8.78 Å². The predicted octanol–water partition coefficient (Wildman–Crippen LogP) is 1.43. The van der Waals surface area contributed by atoms with E-state index in [9.17, 15) is 13.6 Å². The van der Waals surface area contributed by atoms with Crippen LogP contribution < -0.4 is 11.1 Å². The van der Waals surface area contributed by atoms with Gasteiger partial charge < -0.3 is 11.1 Å². The van der Waals surface area contributed by atoms with Crippen molar-refractivity contribution in [3.63, 3.8) is 0 Å². The maximum atomic E-state index is 13.3. The van der Waals surface area contributed by atoms with Crippen molar-refractivity contribution < 1.29 is 13.6 Å². The summed E-state index contributed by atoms with van der Waals surface area (Å²) in [5, 5.41) is 2.54. The van der Waals surface area contributed by atoms with Crippen LogP contribution in [0.3, 0.4) is 0 Å². The Morgan fingerprint density at radius 2 is 1.94 bits per heavy atom. The van der Waals surface area contributed by atoms with Crippen molar-refractivity contribution in [2.24, 2.45) is 11.1 Å². The predicted molar refractivity (Wildman–Crippen MR) is 59.4 cm³/mol. The Hall–Kier alpha value is -1.49. The third kappa shape index (κ3) is 2.44. The maximum absolute atomic E-state index is 13.3. The normalized spacial score (nSPS) is 16.6. The number of nitrogens with one attached hydrogen (secondary N) is 1. The van der Waals surface area contributed by atoms with Gasteiger partial charge in [-0.1, -0.05) is 6.07 Å². The molecule has 0 aliphatic heterocycles. The Balaban J connectivity index is 2.05. The molecular formula is C12H14F2N2O. The molecule has 0 atom stereocenters. The van der Waals surface area contributed by atoms with Gasteiger partial charge in [0.1, 0.15) is 17.2 Å². The van der Waals surface area contributed by atoms with E-state index in [4.69, 9.17) is 5.73 Å². The number of carbonyl (C=O) groups is 1. The quantitative estimate of drug-likeness (QED) is 0.836. The first kappa shape index (κ1) is 12.0. The van der Waals surface area contributed by atoms with E-state index < -0.39 is 23.1 Å². The number of carbonyl (C=O) groups excluding carboxylic acids is 1. The number of amides is 1. The fraction of sp³-hybridized carbons (Fsp3) is 0.417. The van der Waals surface area contributed by atoms with Crippen molar-refractivity contribution in [3.8, 4) is 0 Å². The molecule has 1 aliphatic rings. The van der Waals surface area contributed by atoms with E-state index in [2.05, 4.69) is 5.32 Å². The van der Waals surface area contributed by atoms with Crippen LogP contribution in [0.15, 0.2) is 18.2 Å². The van der Waals surface area contributed by atoms with Gasteiger partial charge in [0.2, 0.25) is 0 Å². The summed E-state index contributed by atoms with van der Waals surface area (Å²) in [5.41, 5.74) is 4.97. The van der Waals surface area contributed by atoms with E-state index in [-0.39, 0.29) is 5.41 Å². The highest BCUT2D eigenvalue weighted by atomic mass is 19.1. The molecule has 1 amide bonds. The zero-order valence-electron chi connectivity index (χ0n) is 9.30. The van der Waals surface area contributed by atoms with Gasteiger partial charge in [-0.2, -0.15) is 0 Å². The average Bonchev–Trinajstić information content (AvgIpc) is 3.07. The van der Waals surface area contributed by atoms with Crippen molar-refractivity contribution >= 4 is 5.91 Å². The lowest BCUT2D eigenvalue weighted by atomic mass is 10.1. The number of nitrogens with two attached hydrogens (primary N) is 1. The van der Waals surface area contributed by atoms with Crippen LogP contribution >= 0.6 is 0 Å². The van der Waals surface area contributed by atoms with E-state index in [0.29, 0.717) is 13.1 Å². The summed E-state index contributed by atoms with van der Waals surface area (Å²) in [6.07, 6.45) is 1.90. The van der Waals surface area contributed by atoms with Crippen LogP contribution in [0.2, 0.25) is 0 Å². The molecule has 92 valence electrons. The summed E-state index contributed by atoms with van der Waals surface area (Å²) in [6, 6.07) is 3.35. The standard InChI is InChI=1S/C12H14F2N2O/c13-8-2-1-3-9(14)10(8)11(17)16-7-12(6-15)4-5-12/h1-3H,4-7,15H2,(H,16,17). The van der Waals surface area contributed by atoms with E-state index >= 15 is 0 Å². The van der Waals surface area contributed by atoms with Gasteiger partial charge in [-0.3, -0.25) is 4.79 Å². The van der Waals surface area contributed by atoms with E-state index in [1.54, 1.807) is 0 Å². The monoisotopic (exact) mass is 240 g/mol. The lowest BCUT2D eigenvalue weighted by molar-refractivity contribution is 0.0937. The lowest BCUT2D eigenvalue weighted by Crippen LogP contribution is -2.34. The van der Waals surface area contributed by atoms with Crippen molar-refractivity contribution in [2.75, 3.05) is 13.1 Å². The largest absolute Gasteiger partial charge is 0.351 e. The Morgan fingerprint density at radius 3 is 2.41 bits per heavy atom. The summed E-state index contributed by atoms with van der Waals surface area (Å²) in [4.78, 5) is 11.6. The molecule has 0 aromatic heterocycles. The highest BCUT2D eigenvalue weighted by molar-refractivity contribution is 5.94. The first-order chi connectivity index (χ1) is 8.08. The minimum Gasteiger partial charge on any atom is -0.351 e. The molecule has 1 aromatic rings. The molecule has 1 fully saturated rings. The third-order valence-electron chi connectivity index (χ3n) is 3.20. The van der Waals surface area contributed by atoms with Crippen molar-refractivity contribution in [3.05, 3.63) is 35.4 Å². The average molecular weight is 240 g/mol. The summed E-state index contributed by atoms with van der Waals surface area (Å²) in [7, 11) is 0. The number of rotatable bonds is 4. The van der Waals surface area contributed by atoms with Gasteiger partial charge in [-0.15, -0.1) is 0 Å². The molecule has 5 heteroatoms. The fourth-order valence-corrected chi connectivity index (χ4v) is 1.70. The van der Waals surface area contributed by atoms with Crippen molar-refractivity contribution in [1.29, 1.82) is 0 Å². The van der Waals surface area contributed by atoms with E-state index in [1.165, 1.54) is 6.07 Å². The fourth-order valence-electron chi connectivity index (χ4n) is 1.70. The van der Waals surface area contributed by atoms with Crippen LogP contribution in [0.1, 0.15) is 23.2 Å². The van der Waals surface area contributed by atoms with Crippen LogP contribution in [0, 0.1) is 17.0 Å². The summed E-state index contributed by atoms with van der Waals surface area (Å²) < 4.78 is 26.6. The highest BCUT2D eigenvalue weighted by Crippen LogP contribution is 2.43. The molecule has 1 aliphatic carbocycles. The zero-order valence-corrected chi connectivity index (χ0v) is 9.30. The molecule has 0 bridgehead atoms. The number of hydrogen-bond acceptors (Lipinski definition) is 2. The lowest BCUT2D eigenvalue weighted by Gasteiger charge is -2.13. The topological polar surface area (TPSA) is 55.1 Å². The Morgan fingerprint density at radius 1 is 1.35 bits per heavy atom. The molecule has 0 spiro atoms. The first-order valence-corrected chi connectivity index (χ1v) is 5.50. The molecule has 1 aromatic carbocycles. The van der Waals surface area contributed by atoms with Crippen molar-refractivity contribution in [1.82, 2.24) is 5.32 Å². The first-order valence-electron chi connectivity index (χ1n) is 5.50. The van der Waals surface area contributed by atoms with Crippen LogP contribution in [0.25, 0.3) is 0 Å².